The molecule has 0 aliphatic heterocycles. The molecule has 0 unspecified atom stereocenters. The van der Waals surface area contributed by atoms with Crippen LogP contribution in [0.3, 0.4) is 0 Å². The average Bonchev–Trinajstić information content (AvgIpc) is 2.38. The molecule has 0 spiro atoms. The normalized spacial score (nSPS) is 11.5. The van der Waals surface area contributed by atoms with Gasteiger partial charge < -0.3 is 0 Å². The van der Waals surface area contributed by atoms with Crippen molar-refractivity contribution in [1.29, 1.82) is 0 Å². The zero-order valence-corrected chi connectivity index (χ0v) is 12.1. The molecule has 0 bridgehead atoms. The van der Waals surface area contributed by atoms with Gasteiger partial charge in [-0.25, -0.2) is 13.1 Å². The Balaban J connectivity index is 2.17. The summed E-state index contributed by atoms with van der Waals surface area (Å²) in [6.45, 7) is 0.133. The quantitative estimate of drug-likeness (QED) is 0.939. The topological polar surface area (TPSA) is 46.2 Å². The predicted molar refractivity (Wildman–Crippen MR) is 76.9 cm³/mol. The van der Waals surface area contributed by atoms with Gasteiger partial charge in [-0.2, -0.15) is 0 Å². The van der Waals surface area contributed by atoms with Crippen molar-refractivity contribution in [3.05, 3.63) is 64.1 Å². The highest BCUT2D eigenvalue weighted by Gasteiger charge is 2.14. The molecular weight excluding hydrogens is 305 g/mol. The Morgan fingerprint density at radius 3 is 2.42 bits per heavy atom. The maximum atomic E-state index is 12.1. The molecule has 0 amide bonds. The van der Waals surface area contributed by atoms with Gasteiger partial charge in [0.1, 0.15) is 0 Å². The Kier molecular flexibility index (Phi) is 4.47. The van der Waals surface area contributed by atoms with E-state index < -0.39 is 10.0 Å². The molecule has 19 heavy (non-hydrogen) atoms. The zero-order valence-electron chi connectivity index (χ0n) is 9.81. The summed E-state index contributed by atoms with van der Waals surface area (Å²) in [4.78, 5) is 0.132. The molecule has 0 saturated carbocycles. The highest BCUT2D eigenvalue weighted by atomic mass is 35.5. The second-order valence-electron chi connectivity index (χ2n) is 3.87. The standard InChI is InChI=1S/C13H11Cl2NO2S/c14-11-5-3-6-12(8-11)19(17,18)16-9-10-4-1-2-7-13(10)15/h1-8,16H,9H2. The van der Waals surface area contributed by atoms with Crippen molar-refractivity contribution < 1.29 is 8.42 Å². The maximum Gasteiger partial charge on any atom is 0.240 e. The van der Waals surface area contributed by atoms with E-state index in [0.29, 0.717) is 10.0 Å². The Bertz CT molecular complexity index is 687. The molecule has 2 aromatic rings. The number of benzene rings is 2. The van der Waals surface area contributed by atoms with Crippen LogP contribution < -0.4 is 4.72 Å². The van der Waals surface area contributed by atoms with Crippen molar-refractivity contribution in [2.45, 2.75) is 11.4 Å². The number of nitrogens with one attached hydrogen (secondary N) is 1. The van der Waals surface area contributed by atoms with Crippen molar-refractivity contribution in [3.63, 3.8) is 0 Å². The average molecular weight is 316 g/mol. The van der Waals surface area contributed by atoms with E-state index >= 15 is 0 Å². The minimum absolute atomic E-state index is 0.132. The number of hydrogen-bond acceptors (Lipinski definition) is 2. The van der Waals surface area contributed by atoms with Crippen LogP contribution in [0.5, 0.6) is 0 Å². The second kappa shape index (κ2) is 5.92. The van der Waals surface area contributed by atoms with Crippen LogP contribution in [0.4, 0.5) is 0 Å². The van der Waals surface area contributed by atoms with Crippen molar-refractivity contribution >= 4 is 33.2 Å². The molecule has 0 radical (unpaired) electrons. The number of rotatable bonds is 4. The van der Waals surface area contributed by atoms with E-state index in [0.717, 1.165) is 5.56 Å². The first-order valence-corrected chi connectivity index (χ1v) is 7.71. The van der Waals surface area contributed by atoms with Gasteiger partial charge in [-0.05, 0) is 29.8 Å². The number of hydrogen-bond donors (Lipinski definition) is 1. The Labute approximate surface area is 122 Å². The first-order valence-electron chi connectivity index (χ1n) is 5.48. The number of sulfonamides is 1. The molecule has 100 valence electrons. The van der Waals surface area contributed by atoms with Gasteiger partial charge in [0.25, 0.3) is 0 Å². The van der Waals surface area contributed by atoms with Crippen molar-refractivity contribution in [2.24, 2.45) is 0 Å². The predicted octanol–water partition coefficient (Wildman–Crippen LogP) is 3.47. The largest absolute Gasteiger partial charge is 0.240 e. The minimum Gasteiger partial charge on any atom is -0.207 e. The Morgan fingerprint density at radius 2 is 1.74 bits per heavy atom. The lowest BCUT2D eigenvalue weighted by Gasteiger charge is -2.08. The summed E-state index contributed by atoms with van der Waals surface area (Å²) in [6, 6.07) is 13.2. The lowest BCUT2D eigenvalue weighted by molar-refractivity contribution is 0.581. The van der Waals surface area contributed by atoms with Gasteiger partial charge in [0.05, 0.1) is 4.90 Å². The Morgan fingerprint density at radius 1 is 1.00 bits per heavy atom. The molecule has 3 nitrogen and oxygen atoms in total. The van der Waals surface area contributed by atoms with E-state index in [1.54, 1.807) is 36.4 Å². The summed E-state index contributed by atoms with van der Waals surface area (Å²) in [5, 5.41) is 0.900. The van der Waals surface area contributed by atoms with Crippen LogP contribution in [-0.4, -0.2) is 8.42 Å². The fourth-order valence-corrected chi connectivity index (χ4v) is 3.04. The molecule has 0 aliphatic rings. The van der Waals surface area contributed by atoms with Gasteiger partial charge >= 0.3 is 0 Å². The van der Waals surface area contributed by atoms with Crippen molar-refractivity contribution in [2.75, 3.05) is 0 Å². The zero-order chi connectivity index (χ0) is 13.9. The summed E-state index contributed by atoms with van der Waals surface area (Å²) >= 11 is 11.7. The Hall–Kier alpha value is -1.07. The van der Waals surface area contributed by atoms with Gasteiger partial charge in [-0.15, -0.1) is 0 Å². The van der Waals surface area contributed by atoms with Gasteiger partial charge in [0, 0.05) is 16.6 Å². The second-order valence-corrected chi connectivity index (χ2v) is 6.48. The SMILES string of the molecule is O=S(=O)(NCc1ccccc1Cl)c1cccc(Cl)c1. The van der Waals surface area contributed by atoms with Crippen LogP contribution >= 0.6 is 23.2 Å². The van der Waals surface area contributed by atoms with E-state index in [2.05, 4.69) is 4.72 Å². The molecule has 0 saturated heterocycles. The van der Waals surface area contributed by atoms with Crippen LogP contribution in [0.1, 0.15) is 5.56 Å². The molecule has 0 fully saturated rings. The summed E-state index contributed by atoms with van der Waals surface area (Å²) in [7, 11) is -3.59. The van der Waals surface area contributed by atoms with E-state index in [1.165, 1.54) is 12.1 Å². The van der Waals surface area contributed by atoms with Crippen LogP contribution in [0.2, 0.25) is 10.0 Å². The fraction of sp³-hybridized carbons (Fsp3) is 0.0769. The highest BCUT2D eigenvalue weighted by molar-refractivity contribution is 7.89. The van der Waals surface area contributed by atoms with Crippen LogP contribution in [0.15, 0.2) is 53.4 Å². The maximum absolute atomic E-state index is 12.1. The summed E-state index contributed by atoms with van der Waals surface area (Å²) in [5.41, 5.74) is 0.717. The number of halogens is 2. The molecule has 0 atom stereocenters. The molecule has 6 heteroatoms. The highest BCUT2D eigenvalue weighted by Crippen LogP contribution is 2.18. The fourth-order valence-electron chi connectivity index (χ4n) is 1.53. The minimum atomic E-state index is -3.59. The van der Waals surface area contributed by atoms with Crippen molar-refractivity contribution in [3.8, 4) is 0 Å². The van der Waals surface area contributed by atoms with Gasteiger partial charge in [-0.1, -0.05) is 47.5 Å². The lowest BCUT2D eigenvalue weighted by atomic mass is 10.2. The molecule has 2 aromatic carbocycles. The molecule has 0 heterocycles. The summed E-state index contributed by atoms with van der Waals surface area (Å²) in [6.07, 6.45) is 0. The molecule has 2 rings (SSSR count). The summed E-state index contributed by atoms with van der Waals surface area (Å²) in [5.74, 6) is 0. The van der Waals surface area contributed by atoms with Crippen LogP contribution in [0.25, 0.3) is 0 Å². The van der Waals surface area contributed by atoms with E-state index in [4.69, 9.17) is 23.2 Å². The molecule has 0 aromatic heterocycles. The first kappa shape index (κ1) is 14.3. The van der Waals surface area contributed by atoms with Gasteiger partial charge in [0.2, 0.25) is 10.0 Å². The third-order valence-electron chi connectivity index (χ3n) is 2.52. The monoisotopic (exact) mass is 315 g/mol. The molecule has 1 N–H and O–H groups in total. The lowest BCUT2D eigenvalue weighted by Crippen LogP contribution is -2.23. The third-order valence-corrected chi connectivity index (χ3v) is 4.52. The van der Waals surface area contributed by atoms with Gasteiger partial charge in [-0.3, -0.25) is 0 Å². The van der Waals surface area contributed by atoms with E-state index in [1.807, 2.05) is 0 Å². The van der Waals surface area contributed by atoms with Gasteiger partial charge in [0.15, 0.2) is 0 Å². The smallest absolute Gasteiger partial charge is 0.207 e. The van der Waals surface area contributed by atoms with Crippen LogP contribution in [0, 0.1) is 0 Å². The van der Waals surface area contributed by atoms with Crippen LogP contribution in [-0.2, 0) is 16.6 Å². The van der Waals surface area contributed by atoms with E-state index in [9.17, 15) is 8.42 Å². The van der Waals surface area contributed by atoms with Crippen molar-refractivity contribution in [1.82, 2.24) is 4.72 Å². The van der Waals surface area contributed by atoms with E-state index in [-0.39, 0.29) is 11.4 Å². The molecular formula is C13H11Cl2NO2S. The summed E-state index contributed by atoms with van der Waals surface area (Å²) < 4.78 is 26.6. The third kappa shape index (κ3) is 3.70. The molecule has 0 aliphatic carbocycles. The first-order chi connectivity index (χ1) is 8.99.